The number of piperidine rings is 1. The molecule has 10 heteroatoms. The van der Waals surface area contributed by atoms with Crippen molar-refractivity contribution in [1.29, 1.82) is 0 Å². The summed E-state index contributed by atoms with van der Waals surface area (Å²) < 4.78 is 4.70. The molecule has 2 saturated heterocycles. The van der Waals surface area contributed by atoms with Crippen LogP contribution in [0.4, 0.5) is 0 Å². The summed E-state index contributed by atoms with van der Waals surface area (Å²) in [5, 5.41) is 21.5. The van der Waals surface area contributed by atoms with Gasteiger partial charge in [-0.15, -0.1) is 0 Å². The second-order valence-corrected chi connectivity index (χ2v) is 10.0. The van der Waals surface area contributed by atoms with Gasteiger partial charge >= 0.3 is 5.96 Å². The lowest BCUT2D eigenvalue weighted by Gasteiger charge is -2.41. The Balaban J connectivity index is 1.62. The Morgan fingerprint density at radius 1 is 1.21 bits per heavy atom. The molecule has 2 atom stereocenters. The number of fused-ring (bicyclic) bond motifs is 1. The van der Waals surface area contributed by atoms with Crippen LogP contribution in [0.5, 0.6) is 0 Å². The molecule has 0 bridgehead atoms. The Bertz CT molecular complexity index is 962. The molecule has 34 heavy (non-hydrogen) atoms. The van der Waals surface area contributed by atoms with Gasteiger partial charge in [-0.25, -0.2) is 19.7 Å². The third kappa shape index (κ3) is 6.07. The summed E-state index contributed by atoms with van der Waals surface area (Å²) in [7, 11) is 3.53. The highest BCUT2D eigenvalue weighted by atomic mass is 15.8. The summed E-state index contributed by atoms with van der Waals surface area (Å²) >= 11 is 0. The summed E-state index contributed by atoms with van der Waals surface area (Å²) in [6.45, 7) is 19.8. The average Bonchev–Trinajstić information content (AvgIpc) is 3.25. The minimum Gasteiger partial charge on any atom is -0.314 e. The van der Waals surface area contributed by atoms with E-state index in [4.69, 9.17) is 4.67 Å². The first-order valence-corrected chi connectivity index (χ1v) is 11.9. The van der Waals surface area contributed by atoms with Crippen LogP contribution in [0.3, 0.4) is 0 Å². The molecule has 0 amide bonds. The van der Waals surface area contributed by atoms with Gasteiger partial charge in [0, 0.05) is 57.5 Å². The Kier molecular flexibility index (Phi) is 7.84. The van der Waals surface area contributed by atoms with E-state index in [0.29, 0.717) is 41.1 Å². The maximum Gasteiger partial charge on any atom is 0.446 e. The first-order valence-electron chi connectivity index (χ1n) is 11.9. The number of guanidine groups is 2. The van der Waals surface area contributed by atoms with Crippen molar-refractivity contribution in [3.05, 3.63) is 36.4 Å². The minimum absolute atomic E-state index is 0.314. The molecule has 0 aliphatic carbocycles. The van der Waals surface area contributed by atoms with Crippen molar-refractivity contribution >= 4 is 17.6 Å². The van der Waals surface area contributed by atoms with E-state index >= 15 is 0 Å². The highest BCUT2D eigenvalue weighted by molar-refractivity contribution is 6.00. The SMILES string of the molecule is C=C(C=C(C)N1N=NN(C)C1=C)NC(=NC)NC(=[N+]=C(C)C)NC1CCN2C(CCC2(C)C)C1. The second-order valence-electron chi connectivity index (χ2n) is 10.0. The predicted molar refractivity (Wildman–Crippen MR) is 140 cm³/mol. The molecule has 3 rings (SSSR count). The molecule has 10 nitrogen and oxygen atoms in total. The molecule has 0 aromatic rings. The predicted octanol–water partition coefficient (Wildman–Crippen LogP) is 2.47. The second kappa shape index (κ2) is 10.4. The highest BCUT2D eigenvalue weighted by Gasteiger charge is 2.43. The fourth-order valence-corrected chi connectivity index (χ4v) is 4.80. The van der Waals surface area contributed by atoms with Gasteiger partial charge in [0.1, 0.15) is 11.5 Å². The molecule has 3 N–H and O–H groups in total. The third-order valence-corrected chi connectivity index (χ3v) is 6.60. The number of allylic oxidation sites excluding steroid dienone is 2. The molecule has 0 spiro atoms. The largest absolute Gasteiger partial charge is 0.446 e. The van der Waals surface area contributed by atoms with E-state index in [9.17, 15) is 0 Å². The van der Waals surface area contributed by atoms with Crippen molar-refractivity contribution in [2.75, 3.05) is 20.6 Å². The molecule has 186 valence electrons. The molecule has 3 heterocycles. The number of hydrogen-bond acceptors (Lipinski definition) is 6. The van der Waals surface area contributed by atoms with Gasteiger partial charge in [0.15, 0.2) is 0 Å². The number of aliphatic imine (C=N–C) groups is 1. The van der Waals surface area contributed by atoms with Gasteiger partial charge in [-0.05, 0) is 63.0 Å². The molecule has 0 aromatic carbocycles. The van der Waals surface area contributed by atoms with Crippen molar-refractivity contribution in [2.24, 2.45) is 15.4 Å². The highest BCUT2D eigenvalue weighted by Crippen LogP contribution is 2.38. The molecular formula is C24H41N10+. The molecule has 2 fully saturated rings. The zero-order valence-corrected chi connectivity index (χ0v) is 21.8. The number of rotatable bonds is 4. The van der Waals surface area contributed by atoms with Gasteiger partial charge in [0.05, 0.1) is 6.04 Å². The van der Waals surface area contributed by atoms with Gasteiger partial charge in [-0.1, -0.05) is 13.2 Å². The van der Waals surface area contributed by atoms with Crippen LogP contribution in [0.1, 0.15) is 60.3 Å². The summed E-state index contributed by atoms with van der Waals surface area (Å²) in [6.07, 6.45) is 6.61. The molecule has 3 aliphatic rings. The minimum atomic E-state index is 0.314. The van der Waals surface area contributed by atoms with E-state index in [1.807, 2.05) is 26.8 Å². The number of nitrogens with one attached hydrogen (secondary N) is 3. The van der Waals surface area contributed by atoms with Crippen molar-refractivity contribution in [2.45, 2.75) is 77.9 Å². The standard InChI is InChI=1S/C24H40N10/c1-16(2)26-23(28-20-11-13-33-21(15-20)10-12-24(33,6)7)29-22(25-8)27-17(3)14-18(4)34-19(5)32(9)30-31-34/h14,20-21H,3,5,10-13,15H2,1-2,4,6-9H3,(H2,25,27,28,29)/p+1. The summed E-state index contributed by atoms with van der Waals surface area (Å²) in [5.41, 5.74) is 2.76. The fourth-order valence-electron chi connectivity index (χ4n) is 4.80. The first kappa shape index (κ1) is 25.5. The molecular weight excluding hydrogens is 428 g/mol. The Morgan fingerprint density at radius 3 is 2.56 bits per heavy atom. The number of nitrogens with zero attached hydrogens (tertiary/aromatic N) is 7. The van der Waals surface area contributed by atoms with Gasteiger partial charge < -0.3 is 5.32 Å². The van der Waals surface area contributed by atoms with Crippen molar-refractivity contribution < 1.29 is 0 Å². The fraction of sp³-hybridized carbons (Fsp3) is 0.625. The molecule has 0 radical (unpaired) electrons. The van der Waals surface area contributed by atoms with E-state index < -0.39 is 0 Å². The van der Waals surface area contributed by atoms with Crippen molar-refractivity contribution in [3.8, 4) is 0 Å². The van der Waals surface area contributed by atoms with E-state index in [0.717, 1.165) is 30.8 Å². The molecule has 2 unspecified atom stereocenters. The maximum absolute atomic E-state index is 4.70. The smallest absolute Gasteiger partial charge is 0.314 e. The van der Waals surface area contributed by atoms with Crippen molar-refractivity contribution in [3.63, 3.8) is 0 Å². The van der Waals surface area contributed by atoms with Gasteiger partial charge in [-0.3, -0.25) is 10.2 Å². The van der Waals surface area contributed by atoms with Crippen LogP contribution in [0.15, 0.2) is 51.9 Å². The maximum atomic E-state index is 4.70. The van der Waals surface area contributed by atoms with Gasteiger partial charge in [0.25, 0.3) is 5.96 Å². The van der Waals surface area contributed by atoms with E-state index in [1.54, 1.807) is 24.1 Å². The topological polar surface area (TPSA) is 97.0 Å². The van der Waals surface area contributed by atoms with Crippen LogP contribution in [0, 0.1) is 0 Å². The quantitative estimate of drug-likeness (QED) is 0.253. The normalized spacial score (nSPS) is 24.6. The zero-order valence-electron chi connectivity index (χ0n) is 21.8. The Labute approximate surface area is 203 Å². The van der Waals surface area contributed by atoms with E-state index in [2.05, 4.69) is 63.3 Å². The monoisotopic (exact) mass is 469 g/mol. The lowest BCUT2D eigenvalue weighted by Crippen LogP contribution is -2.56. The van der Waals surface area contributed by atoms with Crippen LogP contribution in [0.25, 0.3) is 0 Å². The van der Waals surface area contributed by atoms with Crippen LogP contribution < -0.4 is 20.6 Å². The van der Waals surface area contributed by atoms with E-state index in [1.165, 1.54) is 12.8 Å². The summed E-state index contributed by atoms with van der Waals surface area (Å²) in [5.74, 6) is 1.92. The number of hydrogen-bond donors (Lipinski definition) is 3. The lowest BCUT2D eigenvalue weighted by atomic mass is 9.97. The third-order valence-electron chi connectivity index (χ3n) is 6.60. The van der Waals surface area contributed by atoms with Gasteiger partial charge in [0.2, 0.25) is 0 Å². The van der Waals surface area contributed by atoms with Crippen molar-refractivity contribution in [1.82, 2.24) is 35.5 Å². The summed E-state index contributed by atoms with van der Waals surface area (Å²) in [6, 6.07) is 1.00. The first-order chi connectivity index (χ1) is 16.0. The molecule has 0 saturated carbocycles. The Morgan fingerprint density at radius 2 is 1.94 bits per heavy atom. The average molecular weight is 470 g/mol. The summed E-state index contributed by atoms with van der Waals surface area (Å²) in [4.78, 5) is 7.04. The van der Waals surface area contributed by atoms with Crippen LogP contribution in [0.2, 0.25) is 0 Å². The Hall–Kier alpha value is -3.10. The zero-order chi connectivity index (χ0) is 25.0. The lowest BCUT2D eigenvalue weighted by molar-refractivity contribution is 0.0855. The van der Waals surface area contributed by atoms with E-state index in [-0.39, 0.29) is 0 Å². The molecule has 0 aromatic heterocycles. The van der Waals surface area contributed by atoms with Crippen LogP contribution in [-0.2, 0) is 0 Å². The van der Waals surface area contributed by atoms with Crippen LogP contribution >= 0.6 is 0 Å². The molecule has 3 aliphatic heterocycles. The van der Waals surface area contributed by atoms with Gasteiger partial charge in [-0.2, -0.15) is 5.32 Å². The van der Waals surface area contributed by atoms with Crippen LogP contribution in [-0.4, -0.2) is 70.8 Å².